The van der Waals surface area contributed by atoms with Gasteiger partial charge in [-0.15, -0.1) is 0 Å². The number of methoxy groups -OCH3 is 2. The number of nitrogens with one attached hydrogen (secondary N) is 1. The molecule has 7 nitrogen and oxygen atoms in total. The lowest BCUT2D eigenvalue weighted by Crippen LogP contribution is -2.38. The van der Waals surface area contributed by atoms with E-state index in [4.69, 9.17) is 14.2 Å². The fraction of sp³-hybridized carbons (Fsp3) is 0.290. The highest BCUT2D eigenvalue weighted by molar-refractivity contribution is 6.09. The zero-order chi connectivity index (χ0) is 29.4. The van der Waals surface area contributed by atoms with Gasteiger partial charge in [-0.3, -0.25) is 9.59 Å². The largest absolute Gasteiger partial charge is 0.497 e. The zero-order valence-corrected chi connectivity index (χ0v) is 22.8. The van der Waals surface area contributed by atoms with Crippen molar-refractivity contribution >= 4 is 29.7 Å². The van der Waals surface area contributed by atoms with E-state index in [0.717, 1.165) is 50.0 Å². The molecule has 2 amide bonds. The van der Waals surface area contributed by atoms with E-state index in [9.17, 15) is 22.8 Å². The molecule has 0 bridgehead atoms. The number of anilines is 1. The normalized spacial score (nSPS) is 13.6. The SMILES string of the molecule is COc1cc(C=Cc2ccc(OCC(=O)N3CCCCC3)cc2)c(C(=O)Nc2ccc(C(F)(F)F)cc2)c(OC)c1. The molecular weight excluding hydrogens is 537 g/mol. The number of hydrogen-bond acceptors (Lipinski definition) is 5. The summed E-state index contributed by atoms with van der Waals surface area (Å²) in [4.78, 5) is 27.4. The summed E-state index contributed by atoms with van der Waals surface area (Å²) in [5, 5.41) is 2.63. The number of carbonyl (C=O) groups excluding carboxylic acids is 2. The van der Waals surface area contributed by atoms with E-state index in [2.05, 4.69) is 5.32 Å². The second kappa shape index (κ2) is 13.3. The highest BCUT2D eigenvalue weighted by atomic mass is 19.4. The van der Waals surface area contributed by atoms with Crippen molar-refractivity contribution in [1.82, 2.24) is 4.90 Å². The molecule has 4 rings (SSSR count). The molecule has 1 fully saturated rings. The average Bonchev–Trinajstić information content (AvgIpc) is 2.99. The Morgan fingerprint density at radius 3 is 2.17 bits per heavy atom. The highest BCUT2D eigenvalue weighted by Gasteiger charge is 2.30. The Morgan fingerprint density at radius 1 is 0.878 bits per heavy atom. The van der Waals surface area contributed by atoms with Gasteiger partial charge in [0, 0.05) is 24.8 Å². The van der Waals surface area contributed by atoms with Crippen LogP contribution in [0.5, 0.6) is 17.2 Å². The van der Waals surface area contributed by atoms with Gasteiger partial charge in [-0.05, 0) is 72.9 Å². The number of benzene rings is 3. The second-order valence-electron chi connectivity index (χ2n) is 9.46. The first-order valence-corrected chi connectivity index (χ1v) is 13.1. The van der Waals surface area contributed by atoms with Crippen LogP contribution in [0.1, 0.15) is 46.3 Å². The molecule has 10 heteroatoms. The fourth-order valence-electron chi connectivity index (χ4n) is 4.44. The molecule has 0 unspecified atom stereocenters. The molecule has 1 N–H and O–H groups in total. The van der Waals surface area contributed by atoms with Crippen LogP contribution in [0.25, 0.3) is 12.2 Å². The van der Waals surface area contributed by atoms with Gasteiger partial charge in [0.15, 0.2) is 6.61 Å². The summed E-state index contributed by atoms with van der Waals surface area (Å²) in [6.45, 7) is 1.52. The maximum Gasteiger partial charge on any atom is 0.416 e. The summed E-state index contributed by atoms with van der Waals surface area (Å²) >= 11 is 0. The van der Waals surface area contributed by atoms with Crippen LogP contribution in [0.15, 0.2) is 60.7 Å². The van der Waals surface area contributed by atoms with Crippen LogP contribution < -0.4 is 19.5 Å². The monoisotopic (exact) mass is 568 g/mol. The van der Waals surface area contributed by atoms with Gasteiger partial charge in [0.1, 0.15) is 17.2 Å². The quantitative estimate of drug-likeness (QED) is 0.297. The predicted octanol–water partition coefficient (Wildman–Crippen LogP) is 6.54. The maximum absolute atomic E-state index is 13.3. The van der Waals surface area contributed by atoms with Crippen LogP contribution in [0, 0.1) is 0 Å². The first-order valence-electron chi connectivity index (χ1n) is 13.1. The topological polar surface area (TPSA) is 77.1 Å². The molecule has 1 aliphatic heterocycles. The molecule has 0 atom stereocenters. The lowest BCUT2D eigenvalue weighted by atomic mass is 10.0. The van der Waals surface area contributed by atoms with Crippen molar-refractivity contribution in [1.29, 1.82) is 0 Å². The molecule has 1 heterocycles. The molecule has 0 spiro atoms. The van der Waals surface area contributed by atoms with Gasteiger partial charge in [0.05, 0.1) is 25.3 Å². The smallest absolute Gasteiger partial charge is 0.416 e. The molecule has 41 heavy (non-hydrogen) atoms. The molecule has 0 radical (unpaired) electrons. The number of ether oxygens (including phenoxy) is 3. The summed E-state index contributed by atoms with van der Waals surface area (Å²) in [7, 11) is 2.89. The summed E-state index contributed by atoms with van der Waals surface area (Å²) in [5.74, 6) is 0.658. The Balaban J connectivity index is 1.49. The van der Waals surface area contributed by atoms with Crippen molar-refractivity contribution in [3.63, 3.8) is 0 Å². The van der Waals surface area contributed by atoms with E-state index < -0.39 is 17.6 Å². The molecule has 1 aliphatic rings. The van der Waals surface area contributed by atoms with Gasteiger partial charge in [-0.2, -0.15) is 13.2 Å². The van der Waals surface area contributed by atoms with Crippen LogP contribution in [0.2, 0.25) is 0 Å². The Hall–Kier alpha value is -4.47. The zero-order valence-electron chi connectivity index (χ0n) is 22.8. The number of hydrogen-bond donors (Lipinski definition) is 1. The standard InChI is InChI=1S/C31H31F3N2O5/c1-39-26-18-22(9-6-21-7-14-25(15-8-21)41-20-28(37)36-16-4-3-5-17-36)29(27(19-26)40-2)30(38)35-24-12-10-23(11-13-24)31(32,33)34/h6-15,18-19H,3-5,16-17,20H2,1-2H3,(H,35,38). The van der Waals surface area contributed by atoms with Gasteiger partial charge in [-0.25, -0.2) is 0 Å². The van der Waals surface area contributed by atoms with E-state index in [-0.39, 0.29) is 29.5 Å². The molecule has 0 saturated carbocycles. The van der Waals surface area contributed by atoms with Crippen LogP contribution >= 0.6 is 0 Å². The molecule has 3 aromatic rings. The molecular formula is C31H31F3N2O5. The van der Waals surface area contributed by atoms with Gasteiger partial charge >= 0.3 is 6.18 Å². The first-order chi connectivity index (χ1) is 19.7. The molecule has 216 valence electrons. The third kappa shape index (κ3) is 7.81. The minimum absolute atomic E-state index is 0.0177. The fourth-order valence-corrected chi connectivity index (χ4v) is 4.44. The lowest BCUT2D eigenvalue weighted by Gasteiger charge is -2.26. The number of alkyl halides is 3. The lowest BCUT2D eigenvalue weighted by molar-refractivity contribution is -0.137. The number of carbonyl (C=O) groups is 2. The van der Waals surface area contributed by atoms with Crippen molar-refractivity contribution in [2.75, 3.05) is 39.2 Å². The Bertz CT molecular complexity index is 1380. The van der Waals surface area contributed by atoms with Crippen molar-refractivity contribution in [2.45, 2.75) is 25.4 Å². The van der Waals surface area contributed by atoms with Gasteiger partial charge in [0.2, 0.25) is 0 Å². The number of rotatable bonds is 9. The Labute approximate surface area is 236 Å². The average molecular weight is 569 g/mol. The van der Waals surface area contributed by atoms with Crippen molar-refractivity contribution in [3.05, 3.63) is 82.9 Å². The molecule has 1 saturated heterocycles. The second-order valence-corrected chi connectivity index (χ2v) is 9.46. The van der Waals surface area contributed by atoms with Crippen LogP contribution in [0.4, 0.5) is 18.9 Å². The van der Waals surface area contributed by atoms with E-state index >= 15 is 0 Å². The van der Waals surface area contributed by atoms with E-state index in [1.165, 1.54) is 26.4 Å². The molecule has 0 aromatic heterocycles. The Kier molecular flexibility index (Phi) is 9.54. The van der Waals surface area contributed by atoms with Gasteiger partial charge in [0.25, 0.3) is 11.8 Å². The maximum atomic E-state index is 13.3. The Morgan fingerprint density at radius 2 is 1.56 bits per heavy atom. The number of piperidine rings is 1. The summed E-state index contributed by atoms with van der Waals surface area (Å²) < 4.78 is 55.2. The van der Waals surface area contributed by atoms with Crippen molar-refractivity contribution in [3.8, 4) is 17.2 Å². The number of nitrogens with zero attached hydrogens (tertiary/aromatic N) is 1. The number of amides is 2. The van der Waals surface area contributed by atoms with E-state index in [1.54, 1.807) is 36.4 Å². The van der Waals surface area contributed by atoms with Crippen molar-refractivity contribution in [2.24, 2.45) is 0 Å². The first kappa shape index (κ1) is 29.5. The molecule has 0 aliphatic carbocycles. The summed E-state index contributed by atoms with van der Waals surface area (Å²) in [5.41, 5.74) is 0.839. The number of likely N-dealkylation sites (tertiary alicyclic amines) is 1. The number of halogens is 3. The van der Waals surface area contributed by atoms with Crippen LogP contribution in [-0.2, 0) is 11.0 Å². The third-order valence-electron chi connectivity index (χ3n) is 6.67. The minimum Gasteiger partial charge on any atom is -0.497 e. The third-order valence-corrected chi connectivity index (χ3v) is 6.67. The van der Waals surface area contributed by atoms with Gasteiger partial charge in [-0.1, -0.05) is 24.3 Å². The van der Waals surface area contributed by atoms with Crippen molar-refractivity contribution < 1.29 is 37.0 Å². The predicted molar refractivity (Wildman–Crippen MR) is 150 cm³/mol. The van der Waals surface area contributed by atoms with E-state index in [1.807, 2.05) is 17.0 Å². The van der Waals surface area contributed by atoms with E-state index in [0.29, 0.717) is 17.1 Å². The van der Waals surface area contributed by atoms with Crippen LogP contribution in [0.3, 0.4) is 0 Å². The summed E-state index contributed by atoms with van der Waals surface area (Å²) in [6, 6.07) is 14.5. The molecule has 3 aromatic carbocycles. The minimum atomic E-state index is -4.48. The van der Waals surface area contributed by atoms with Gasteiger partial charge < -0.3 is 24.4 Å². The highest BCUT2D eigenvalue weighted by Crippen LogP contribution is 2.32. The van der Waals surface area contributed by atoms with Crippen LogP contribution in [-0.4, -0.2) is 50.6 Å². The summed E-state index contributed by atoms with van der Waals surface area (Å²) in [6.07, 6.45) is 2.20.